The van der Waals surface area contributed by atoms with Crippen LogP contribution in [0.3, 0.4) is 0 Å². The Hall–Kier alpha value is -3.26. The predicted octanol–water partition coefficient (Wildman–Crippen LogP) is 3.87. The summed E-state index contributed by atoms with van der Waals surface area (Å²) >= 11 is 0. The van der Waals surface area contributed by atoms with E-state index in [1.807, 2.05) is 13.0 Å². The fourth-order valence-corrected chi connectivity index (χ4v) is 3.88. The second-order valence-corrected chi connectivity index (χ2v) is 7.76. The van der Waals surface area contributed by atoms with Crippen LogP contribution in [0.2, 0.25) is 0 Å². The molecule has 2 heterocycles. The van der Waals surface area contributed by atoms with Crippen LogP contribution in [0.1, 0.15) is 5.69 Å². The number of hydrogen-bond donors (Lipinski definition) is 2. The number of anilines is 1. The van der Waals surface area contributed by atoms with Crippen LogP contribution in [-0.4, -0.2) is 23.4 Å². The van der Waals surface area contributed by atoms with Gasteiger partial charge < -0.3 is 4.98 Å². The number of aryl methyl sites for hydroxylation is 1. The van der Waals surface area contributed by atoms with Crippen molar-refractivity contribution in [3.63, 3.8) is 0 Å². The largest absolute Gasteiger partial charge is 0.343 e. The minimum Gasteiger partial charge on any atom is -0.343 e. The lowest BCUT2D eigenvalue weighted by molar-refractivity contribution is 0.599. The van der Waals surface area contributed by atoms with E-state index in [1.165, 1.54) is 18.5 Å². The van der Waals surface area contributed by atoms with Crippen LogP contribution in [0.15, 0.2) is 65.8 Å². The first-order valence-electron chi connectivity index (χ1n) is 8.11. The summed E-state index contributed by atoms with van der Waals surface area (Å²) in [5.74, 6) is -0.491. The van der Waals surface area contributed by atoms with Crippen molar-refractivity contribution in [3.05, 3.63) is 72.4 Å². The third-order valence-electron chi connectivity index (χ3n) is 4.09. The molecule has 8 heteroatoms. The first kappa shape index (κ1) is 17.2. The molecule has 0 aliphatic heterocycles. The maximum absolute atomic E-state index is 13.0. The molecule has 0 bridgehead atoms. The van der Waals surface area contributed by atoms with Gasteiger partial charge in [0.05, 0.1) is 10.6 Å². The molecule has 0 spiro atoms. The summed E-state index contributed by atoms with van der Waals surface area (Å²) in [7, 11) is -3.79. The van der Waals surface area contributed by atoms with E-state index >= 15 is 0 Å². The summed E-state index contributed by atoms with van der Waals surface area (Å²) in [4.78, 5) is 11.7. The van der Waals surface area contributed by atoms with E-state index in [0.717, 1.165) is 40.1 Å². The fourth-order valence-electron chi connectivity index (χ4n) is 2.83. The van der Waals surface area contributed by atoms with Crippen molar-refractivity contribution in [1.82, 2.24) is 15.0 Å². The van der Waals surface area contributed by atoms with Gasteiger partial charge in [-0.3, -0.25) is 4.72 Å². The van der Waals surface area contributed by atoms with E-state index < -0.39 is 15.8 Å². The van der Waals surface area contributed by atoms with Crippen molar-refractivity contribution in [1.29, 1.82) is 0 Å². The Bertz CT molecular complexity index is 1220. The molecule has 27 heavy (non-hydrogen) atoms. The Kier molecular flexibility index (Phi) is 4.12. The van der Waals surface area contributed by atoms with Gasteiger partial charge in [-0.05, 0) is 49.4 Å². The van der Waals surface area contributed by atoms with E-state index in [-0.39, 0.29) is 4.90 Å². The Balaban J connectivity index is 1.63. The van der Waals surface area contributed by atoms with Gasteiger partial charge in [-0.1, -0.05) is 12.1 Å². The smallest absolute Gasteiger partial charge is 0.261 e. The van der Waals surface area contributed by atoms with Crippen molar-refractivity contribution in [2.24, 2.45) is 0 Å². The molecule has 4 rings (SSSR count). The van der Waals surface area contributed by atoms with Gasteiger partial charge >= 0.3 is 0 Å². The third kappa shape index (κ3) is 3.39. The lowest BCUT2D eigenvalue weighted by atomic mass is 10.1. The van der Waals surface area contributed by atoms with Gasteiger partial charge in [0, 0.05) is 22.3 Å². The van der Waals surface area contributed by atoms with Crippen LogP contribution in [-0.2, 0) is 10.0 Å². The predicted molar refractivity (Wildman–Crippen MR) is 101 cm³/mol. The second kappa shape index (κ2) is 6.48. The molecule has 4 aromatic rings. The second-order valence-electron chi connectivity index (χ2n) is 6.07. The summed E-state index contributed by atoms with van der Waals surface area (Å²) in [5, 5.41) is 0.898. The van der Waals surface area contributed by atoms with E-state index in [0.29, 0.717) is 5.69 Å². The van der Waals surface area contributed by atoms with Crippen LogP contribution >= 0.6 is 0 Å². The first-order chi connectivity index (χ1) is 12.9. The molecule has 0 saturated heterocycles. The zero-order valence-electron chi connectivity index (χ0n) is 14.3. The maximum Gasteiger partial charge on any atom is 0.261 e. The number of aromatic nitrogens is 3. The van der Waals surface area contributed by atoms with Crippen LogP contribution < -0.4 is 4.72 Å². The molecule has 2 aromatic carbocycles. The third-order valence-corrected chi connectivity index (χ3v) is 5.49. The molecule has 6 nitrogen and oxygen atoms in total. The van der Waals surface area contributed by atoms with Gasteiger partial charge in [0.1, 0.15) is 17.8 Å². The number of H-pyrrole nitrogens is 1. The summed E-state index contributed by atoms with van der Waals surface area (Å²) in [6.07, 6.45) is 1.48. The van der Waals surface area contributed by atoms with E-state index in [2.05, 4.69) is 19.7 Å². The Morgan fingerprint density at radius 2 is 1.70 bits per heavy atom. The highest BCUT2D eigenvalue weighted by molar-refractivity contribution is 7.92. The number of nitrogens with zero attached hydrogens (tertiary/aromatic N) is 2. The lowest BCUT2D eigenvalue weighted by Gasteiger charge is -2.09. The number of fused-ring (bicyclic) bond motifs is 1. The molecule has 0 aliphatic carbocycles. The Labute approximate surface area is 155 Å². The summed E-state index contributed by atoms with van der Waals surface area (Å²) < 4.78 is 40.3. The highest BCUT2D eigenvalue weighted by Crippen LogP contribution is 2.27. The summed E-state index contributed by atoms with van der Waals surface area (Å²) in [6, 6.07) is 13.5. The standard InChI is InChI=1S/C19H15FN4O2S/c1-12-10-17-18(21-11-22-19(17)23-12)13-2-6-15(7-3-13)24-27(25,26)16-8-4-14(20)5-9-16/h2-11,24H,1H3,(H,21,22,23). The van der Waals surface area contributed by atoms with Gasteiger partial charge in [-0.25, -0.2) is 22.8 Å². The number of halogens is 1. The Morgan fingerprint density at radius 1 is 1.00 bits per heavy atom. The van der Waals surface area contributed by atoms with E-state index in [1.54, 1.807) is 24.3 Å². The van der Waals surface area contributed by atoms with Gasteiger partial charge in [-0.2, -0.15) is 0 Å². The minimum atomic E-state index is -3.79. The number of aromatic amines is 1. The minimum absolute atomic E-state index is 0.00622. The molecule has 0 radical (unpaired) electrons. The monoisotopic (exact) mass is 382 g/mol. The number of nitrogens with one attached hydrogen (secondary N) is 2. The first-order valence-corrected chi connectivity index (χ1v) is 9.60. The Morgan fingerprint density at radius 3 is 2.41 bits per heavy atom. The number of hydrogen-bond acceptors (Lipinski definition) is 4. The normalized spacial score (nSPS) is 11.6. The molecule has 2 aromatic heterocycles. The number of sulfonamides is 1. The van der Waals surface area contributed by atoms with Crippen molar-refractivity contribution in [3.8, 4) is 11.3 Å². The summed E-state index contributed by atoms with van der Waals surface area (Å²) in [6.45, 7) is 1.94. The van der Waals surface area contributed by atoms with Crippen LogP contribution in [0.25, 0.3) is 22.3 Å². The lowest BCUT2D eigenvalue weighted by Crippen LogP contribution is -2.12. The average Bonchev–Trinajstić information content (AvgIpc) is 3.02. The van der Waals surface area contributed by atoms with Crippen molar-refractivity contribution in [2.75, 3.05) is 4.72 Å². The molecule has 2 N–H and O–H groups in total. The quantitative estimate of drug-likeness (QED) is 0.561. The van der Waals surface area contributed by atoms with Crippen molar-refractivity contribution in [2.45, 2.75) is 11.8 Å². The molecule has 0 aliphatic rings. The van der Waals surface area contributed by atoms with Gasteiger partial charge in [-0.15, -0.1) is 0 Å². The number of benzene rings is 2. The highest BCUT2D eigenvalue weighted by atomic mass is 32.2. The van der Waals surface area contributed by atoms with E-state index in [9.17, 15) is 12.8 Å². The SMILES string of the molecule is Cc1cc2c(-c3ccc(NS(=O)(=O)c4ccc(F)cc4)cc3)ncnc2[nH]1. The topological polar surface area (TPSA) is 87.7 Å². The van der Waals surface area contributed by atoms with Gasteiger partial charge in [0.2, 0.25) is 0 Å². The summed E-state index contributed by atoms with van der Waals surface area (Å²) in [5.41, 5.74) is 3.73. The fraction of sp³-hybridized carbons (Fsp3) is 0.0526. The molecule has 0 unspecified atom stereocenters. The van der Waals surface area contributed by atoms with Crippen LogP contribution in [0.5, 0.6) is 0 Å². The molecule has 0 fully saturated rings. The number of rotatable bonds is 4. The van der Waals surface area contributed by atoms with Gasteiger partial charge in [0.25, 0.3) is 10.0 Å². The van der Waals surface area contributed by atoms with Gasteiger partial charge in [0.15, 0.2) is 0 Å². The molecule has 0 atom stereocenters. The zero-order chi connectivity index (χ0) is 19.0. The average molecular weight is 382 g/mol. The molecular weight excluding hydrogens is 367 g/mol. The van der Waals surface area contributed by atoms with E-state index in [4.69, 9.17) is 0 Å². The van der Waals surface area contributed by atoms with Crippen LogP contribution in [0, 0.1) is 12.7 Å². The highest BCUT2D eigenvalue weighted by Gasteiger charge is 2.15. The molecule has 136 valence electrons. The molecule has 0 amide bonds. The maximum atomic E-state index is 13.0. The molecule has 0 saturated carbocycles. The molecular formula is C19H15FN4O2S. The van der Waals surface area contributed by atoms with Crippen molar-refractivity contribution < 1.29 is 12.8 Å². The van der Waals surface area contributed by atoms with Crippen LogP contribution in [0.4, 0.5) is 10.1 Å². The van der Waals surface area contributed by atoms with Crippen molar-refractivity contribution >= 4 is 26.7 Å². The zero-order valence-corrected chi connectivity index (χ0v) is 15.1.